The second-order valence-electron chi connectivity index (χ2n) is 5.08. The molecular formula is C15H20N4O4S2. The van der Waals surface area contributed by atoms with Gasteiger partial charge in [-0.1, -0.05) is 42.1 Å². The lowest BCUT2D eigenvalue weighted by Gasteiger charge is -2.12. The van der Waals surface area contributed by atoms with E-state index in [2.05, 4.69) is 24.8 Å². The van der Waals surface area contributed by atoms with E-state index in [4.69, 9.17) is 4.55 Å². The van der Waals surface area contributed by atoms with Gasteiger partial charge in [-0.25, -0.2) is 14.2 Å². The third kappa shape index (κ3) is 7.80. The number of benzene rings is 1. The Hall–Kier alpha value is -1.72. The molecule has 8 nitrogen and oxygen atoms in total. The second-order valence-corrected chi connectivity index (χ2v) is 6.69. The number of rotatable bonds is 10. The van der Waals surface area contributed by atoms with E-state index in [0.717, 1.165) is 5.56 Å². The molecule has 0 aliphatic carbocycles. The van der Waals surface area contributed by atoms with Gasteiger partial charge in [-0.05, 0) is 12.5 Å². The number of hydrogen-bond donors (Lipinski definition) is 4. The van der Waals surface area contributed by atoms with Gasteiger partial charge < -0.3 is 15.7 Å². The van der Waals surface area contributed by atoms with E-state index in [1.807, 2.05) is 30.3 Å². The minimum Gasteiger partial charge on any atom is -0.392 e. The molecule has 0 radical (unpaired) electrons. The summed E-state index contributed by atoms with van der Waals surface area (Å²) < 4.78 is 23.7. The van der Waals surface area contributed by atoms with Gasteiger partial charge in [0.25, 0.3) is 0 Å². The molecule has 0 aliphatic rings. The van der Waals surface area contributed by atoms with Crippen molar-refractivity contribution in [3.8, 4) is 0 Å². The van der Waals surface area contributed by atoms with E-state index in [1.54, 1.807) is 13.0 Å². The highest BCUT2D eigenvalue weighted by Gasteiger charge is 2.07. The maximum atomic E-state index is 10.5. The van der Waals surface area contributed by atoms with Crippen LogP contribution in [0.2, 0.25) is 0 Å². The fraction of sp³-hybridized carbons (Fsp3) is 0.333. The zero-order valence-corrected chi connectivity index (χ0v) is 15.2. The van der Waals surface area contributed by atoms with Crippen molar-refractivity contribution < 1.29 is 18.1 Å². The topological polar surface area (TPSA) is 117 Å². The molecule has 1 aromatic heterocycles. The van der Waals surface area contributed by atoms with Gasteiger partial charge in [-0.3, -0.25) is 4.55 Å². The molecule has 0 saturated heterocycles. The fourth-order valence-corrected chi connectivity index (χ4v) is 2.77. The summed E-state index contributed by atoms with van der Waals surface area (Å²) >= 11 is -0.887. The van der Waals surface area contributed by atoms with Crippen molar-refractivity contribution in [1.82, 2.24) is 9.97 Å². The Morgan fingerprint density at radius 3 is 2.56 bits per heavy atom. The Kier molecular flexibility index (Phi) is 8.09. The molecule has 0 amide bonds. The summed E-state index contributed by atoms with van der Waals surface area (Å²) in [6.45, 7) is 1.85. The van der Waals surface area contributed by atoms with Gasteiger partial charge in [0.2, 0.25) is 0 Å². The first kappa shape index (κ1) is 19.6. The highest BCUT2D eigenvalue weighted by Crippen LogP contribution is 2.23. The monoisotopic (exact) mass is 384 g/mol. The predicted octanol–water partition coefficient (Wildman–Crippen LogP) is 2.08. The van der Waals surface area contributed by atoms with Crippen LogP contribution in [0, 0.1) is 0 Å². The molecule has 0 bridgehead atoms. The Bertz CT molecular complexity index is 688. The van der Waals surface area contributed by atoms with E-state index >= 15 is 0 Å². The van der Waals surface area contributed by atoms with Gasteiger partial charge in [0.1, 0.15) is 18.4 Å². The molecule has 2 atom stereocenters. The highest BCUT2D eigenvalue weighted by molar-refractivity contribution is 7.98. The number of thioether (sulfide) groups is 1. The van der Waals surface area contributed by atoms with Crippen LogP contribution in [0.15, 0.2) is 41.6 Å². The normalized spacial score (nSPS) is 13.2. The number of aromatic nitrogens is 2. The number of nitrogens with zero attached hydrogens (tertiary/aromatic N) is 2. The summed E-state index contributed by atoms with van der Waals surface area (Å²) in [7, 11) is 0. The van der Waals surface area contributed by atoms with E-state index < -0.39 is 17.5 Å². The van der Waals surface area contributed by atoms with E-state index in [9.17, 15) is 9.32 Å². The average molecular weight is 384 g/mol. The van der Waals surface area contributed by atoms with Crippen LogP contribution in [0.25, 0.3) is 0 Å². The third-order valence-corrected chi connectivity index (χ3v) is 4.15. The number of anilines is 2. The summed E-state index contributed by atoms with van der Waals surface area (Å²) in [6, 6.07) is 11.6. The van der Waals surface area contributed by atoms with E-state index in [0.29, 0.717) is 29.1 Å². The molecule has 136 valence electrons. The number of aliphatic hydroxyl groups is 1. The quantitative estimate of drug-likeness (QED) is 0.211. The molecule has 25 heavy (non-hydrogen) atoms. The molecule has 0 aliphatic heterocycles. The van der Waals surface area contributed by atoms with Crippen molar-refractivity contribution in [2.75, 3.05) is 23.9 Å². The van der Waals surface area contributed by atoms with E-state index in [1.165, 1.54) is 11.8 Å². The minimum absolute atomic E-state index is 0.168. The van der Waals surface area contributed by atoms with Gasteiger partial charge in [0, 0.05) is 18.4 Å². The molecular weight excluding hydrogens is 364 g/mol. The van der Waals surface area contributed by atoms with Crippen molar-refractivity contribution in [2.24, 2.45) is 0 Å². The first-order chi connectivity index (χ1) is 12.0. The van der Waals surface area contributed by atoms with Crippen molar-refractivity contribution in [3.63, 3.8) is 0 Å². The van der Waals surface area contributed by atoms with E-state index in [-0.39, 0.29) is 6.73 Å². The Morgan fingerprint density at radius 2 is 1.92 bits per heavy atom. The van der Waals surface area contributed by atoms with Gasteiger partial charge in [-0.2, -0.15) is 4.21 Å². The molecule has 0 fully saturated rings. The zero-order chi connectivity index (χ0) is 18.1. The van der Waals surface area contributed by atoms with Crippen molar-refractivity contribution in [2.45, 2.75) is 23.9 Å². The number of aliphatic hydroxyl groups excluding tert-OH is 1. The van der Waals surface area contributed by atoms with Crippen LogP contribution in [0.5, 0.6) is 0 Å². The van der Waals surface area contributed by atoms with Crippen LogP contribution in [0.1, 0.15) is 12.5 Å². The molecule has 1 unspecified atom stereocenters. The Labute approximate surface area is 152 Å². The fourth-order valence-electron chi connectivity index (χ4n) is 1.80. The molecule has 0 spiro atoms. The van der Waals surface area contributed by atoms with Gasteiger partial charge in [0.15, 0.2) is 5.16 Å². The summed E-state index contributed by atoms with van der Waals surface area (Å²) in [6.07, 6.45) is -0.521. The van der Waals surface area contributed by atoms with Crippen LogP contribution in [-0.4, -0.2) is 43.2 Å². The average Bonchev–Trinajstić information content (AvgIpc) is 2.59. The molecule has 1 aromatic carbocycles. The summed E-state index contributed by atoms with van der Waals surface area (Å²) in [5.41, 5.74) is 1.15. The Morgan fingerprint density at radius 1 is 1.24 bits per heavy atom. The first-order valence-electron chi connectivity index (χ1n) is 7.48. The molecule has 2 rings (SSSR count). The van der Waals surface area contributed by atoms with Crippen molar-refractivity contribution in [3.05, 3.63) is 42.0 Å². The number of nitrogens with one attached hydrogen (secondary N) is 2. The van der Waals surface area contributed by atoms with Gasteiger partial charge in [0.05, 0.1) is 6.10 Å². The molecule has 0 saturated carbocycles. The lowest BCUT2D eigenvalue weighted by atomic mass is 10.2. The van der Waals surface area contributed by atoms with Crippen LogP contribution in [0.4, 0.5) is 11.6 Å². The van der Waals surface area contributed by atoms with Crippen LogP contribution in [-0.2, 0) is 21.3 Å². The SMILES string of the molecule is C[C@@H](O)CNc1cc(NCOS(=O)O)nc(SCc2ccccc2)n1. The smallest absolute Gasteiger partial charge is 0.303 e. The molecule has 1 heterocycles. The van der Waals surface area contributed by atoms with Gasteiger partial charge >= 0.3 is 11.4 Å². The first-order valence-corrected chi connectivity index (χ1v) is 9.50. The summed E-state index contributed by atoms with van der Waals surface area (Å²) in [5, 5.41) is 15.8. The highest BCUT2D eigenvalue weighted by atomic mass is 32.2. The molecule has 10 heteroatoms. The lowest BCUT2D eigenvalue weighted by molar-refractivity contribution is 0.208. The van der Waals surface area contributed by atoms with Crippen LogP contribution < -0.4 is 10.6 Å². The maximum absolute atomic E-state index is 10.5. The number of hydrogen-bond acceptors (Lipinski definition) is 8. The van der Waals surface area contributed by atoms with Gasteiger partial charge in [-0.15, -0.1) is 0 Å². The standard InChI is InChI=1S/C15H20N4O4S2/c1-11(20)8-16-13-7-14(17-10-23-25(21)22)19-15(18-13)24-9-12-5-3-2-4-6-12/h2-7,11,20H,8-10H2,1H3,(H,21,22)(H2,16,17,18,19)/t11-/m1/s1. The maximum Gasteiger partial charge on any atom is 0.303 e. The van der Waals surface area contributed by atoms with Crippen LogP contribution >= 0.6 is 11.8 Å². The summed E-state index contributed by atoms with van der Waals surface area (Å²) in [4.78, 5) is 8.75. The zero-order valence-electron chi connectivity index (χ0n) is 13.6. The molecule has 2 aromatic rings. The van der Waals surface area contributed by atoms with Crippen LogP contribution in [0.3, 0.4) is 0 Å². The summed E-state index contributed by atoms with van der Waals surface area (Å²) in [5.74, 6) is 1.69. The lowest BCUT2D eigenvalue weighted by Crippen LogP contribution is -2.17. The second kappa shape index (κ2) is 10.3. The Balaban J connectivity index is 2.06. The minimum atomic E-state index is -2.35. The predicted molar refractivity (Wildman–Crippen MR) is 98.6 cm³/mol. The van der Waals surface area contributed by atoms with Crippen molar-refractivity contribution in [1.29, 1.82) is 0 Å². The van der Waals surface area contributed by atoms with Crippen molar-refractivity contribution >= 4 is 34.8 Å². The third-order valence-electron chi connectivity index (χ3n) is 2.91. The largest absolute Gasteiger partial charge is 0.392 e. The molecule has 4 N–H and O–H groups in total.